The Morgan fingerprint density at radius 3 is 2.34 bits per heavy atom. The van der Waals surface area contributed by atoms with Crippen LogP contribution in [-0.4, -0.2) is 42.1 Å². The Morgan fingerprint density at radius 2 is 1.76 bits per heavy atom. The van der Waals surface area contributed by atoms with Gasteiger partial charge in [0.25, 0.3) is 5.69 Å². The van der Waals surface area contributed by atoms with E-state index < -0.39 is 16.7 Å². The van der Waals surface area contributed by atoms with Crippen molar-refractivity contribution in [3.8, 4) is 0 Å². The second-order valence-electron chi connectivity index (χ2n) is 5.70. The standard InChI is InChI=1S/C18H18N4O6S/c1-28-9-16(23)20-12-3-2-4-13(8-12)21-17(24)10-29-15-6-5-11(18(19)25)7-14(15)22(26)27/h2-8H,9-10H2,1H3,(H2,19,25)(H,20,23)(H,21,24). The number of thioether (sulfide) groups is 1. The third-order valence-electron chi connectivity index (χ3n) is 3.50. The maximum atomic E-state index is 12.2. The van der Waals surface area contributed by atoms with Crippen LogP contribution in [0.5, 0.6) is 0 Å². The average molecular weight is 418 g/mol. The van der Waals surface area contributed by atoms with Crippen molar-refractivity contribution in [3.05, 3.63) is 58.1 Å². The number of hydrogen-bond acceptors (Lipinski definition) is 7. The molecule has 0 aromatic heterocycles. The van der Waals surface area contributed by atoms with Crippen LogP contribution in [0.2, 0.25) is 0 Å². The first kappa shape index (κ1) is 21.9. The van der Waals surface area contributed by atoms with Crippen LogP contribution in [0.1, 0.15) is 10.4 Å². The molecule has 0 spiro atoms. The lowest BCUT2D eigenvalue weighted by Crippen LogP contribution is -2.18. The predicted molar refractivity (Wildman–Crippen MR) is 108 cm³/mol. The number of amides is 3. The summed E-state index contributed by atoms with van der Waals surface area (Å²) in [5.74, 6) is -1.61. The molecule has 29 heavy (non-hydrogen) atoms. The van der Waals surface area contributed by atoms with Gasteiger partial charge in [-0.2, -0.15) is 0 Å². The number of nitrogens with zero attached hydrogens (tertiary/aromatic N) is 1. The van der Waals surface area contributed by atoms with Gasteiger partial charge in [-0.15, -0.1) is 11.8 Å². The van der Waals surface area contributed by atoms with Crippen LogP contribution < -0.4 is 16.4 Å². The summed E-state index contributed by atoms with van der Waals surface area (Å²) in [6.45, 7) is -0.0967. The maximum absolute atomic E-state index is 12.2. The maximum Gasteiger partial charge on any atom is 0.283 e. The second kappa shape index (κ2) is 10.2. The van der Waals surface area contributed by atoms with Crippen molar-refractivity contribution in [2.24, 2.45) is 5.73 Å². The van der Waals surface area contributed by atoms with Crippen LogP contribution in [-0.2, 0) is 14.3 Å². The SMILES string of the molecule is COCC(=O)Nc1cccc(NC(=O)CSc2ccc(C(N)=O)cc2[N+](=O)[O-])c1. The van der Waals surface area contributed by atoms with Gasteiger partial charge in [0.05, 0.1) is 15.6 Å². The van der Waals surface area contributed by atoms with Crippen LogP contribution in [0.3, 0.4) is 0 Å². The topological polar surface area (TPSA) is 154 Å². The summed E-state index contributed by atoms with van der Waals surface area (Å²) in [6.07, 6.45) is 0. The Morgan fingerprint density at radius 1 is 1.10 bits per heavy atom. The number of benzene rings is 2. The van der Waals surface area contributed by atoms with Gasteiger partial charge >= 0.3 is 0 Å². The molecule has 0 atom stereocenters. The van der Waals surface area contributed by atoms with E-state index >= 15 is 0 Å². The molecule has 3 amide bonds. The molecule has 0 radical (unpaired) electrons. The van der Waals surface area contributed by atoms with Crippen molar-refractivity contribution in [1.29, 1.82) is 0 Å². The fraction of sp³-hybridized carbons (Fsp3) is 0.167. The first-order valence-corrected chi connectivity index (χ1v) is 9.18. The summed E-state index contributed by atoms with van der Waals surface area (Å²) in [4.78, 5) is 45.7. The molecular formula is C18H18N4O6S. The average Bonchev–Trinajstić information content (AvgIpc) is 2.66. The molecule has 0 saturated heterocycles. The molecular weight excluding hydrogens is 400 g/mol. The van der Waals surface area contributed by atoms with Gasteiger partial charge in [-0.3, -0.25) is 24.5 Å². The summed E-state index contributed by atoms with van der Waals surface area (Å²) >= 11 is 0.953. The smallest absolute Gasteiger partial charge is 0.283 e. The normalized spacial score (nSPS) is 10.2. The fourth-order valence-electron chi connectivity index (χ4n) is 2.28. The Hall–Kier alpha value is -3.44. The molecule has 0 heterocycles. The van der Waals surface area contributed by atoms with Gasteiger partial charge in [0.1, 0.15) is 6.61 Å². The van der Waals surface area contributed by atoms with Gasteiger partial charge < -0.3 is 21.1 Å². The monoisotopic (exact) mass is 418 g/mol. The van der Waals surface area contributed by atoms with Crippen molar-refractivity contribution >= 4 is 46.5 Å². The summed E-state index contributed by atoms with van der Waals surface area (Å²) in [5, 5.41) is 16.5. The molecule has 2 aromatic carbocycles. The number of carbonyl (C=O) groups is 3. The van der Waals surface area contributed by atoms with Crippen LogP contribution in [0.15, 0.2) is 47.4 Å². The number of carbonyl (C=O) groups excluding carboxylic acids is 3. The molecule has 0 unspecified atom stereocenters. The molecule has 0 saturated carbocycles. The highest BCUT2D eigenvalue weighted by Crippen LogP contribution is 2.30. The van der Waals surface area contributed by atoms with E-state index in [0.29, 0.717) is 11.4 Å². The third-order valence-corrected chi connectivity index (χ3v) is 4.57. The van der Waals surface area contributed by atoms with Gasteiger partial charge in [0.15, 0.2) is 0 Å². The summed E-state index contributed by atoms with van der Waals surface area (Å²) < 4.78 is 4.73. The van der Waals surface area contributed by atoms with Crippen LogP contribution >= 0.6 is 11.8 Å². The number of rotatable bonds is 9. The number of nitrogens with one attached hydrogen (secondary N) is 2. The largest absolute Gasteiger partial charge is 0.375 e. The molecule has 152 valence electrons. The molecule has 0 aliphatic rings. The molecule has 0 aliphatic heterocycles. The number of primary amides is 1. The van der Waals surface area contributed by atoms with Crippen molar-refractivity contribution in [2.45, 2.75) is 4.90 Å². The van der Waals surface area contributed by atoms with Crippen LogP contribution in [0.4, 0.5) is 17.1 Å². The lowest BCUT2D eigenvalue weighted by Gasteiger charge is -2.09. The lowest BCUT2D eigenvalue weighted by atomic mass is 10.2. The quantitative estimate of drug-likeness (QED) is 0.320. The van der Waals surface area contributed by atoms with Gasteiger partial charge in [-0.05, 0) is 30.3 Å². The highest BCUT2D eigenvalue weighted by molar-refractivity contribution is 8.00. The van der Waals surface area contributed by atoms with Gasteiger partial charge in [0, 0.05) is 30.1 Å². The fourth-order valence-corrected chi connectivity index (χ4v) is 3.08. The summed E-state index contributed by atoms with van der Waals surface area (Å²) in [7, 11) is 1.40. The molecule has 0 fully saturated rings. The second-order valence-corrected chi connectivity index (χ2v) is 6.72. The number of anilines is 2. The van der Waals surface area contributed by atoms with E-state index in [1.807, 2.05) is 0 Å². The zero-order valence-corrected chi connectivity index (χ0v) is 16.2. The minimum absolute atomic E-state index is 0.0119. The highest BCUT2D eigenvalue weighted by atomic mass is 32.2. The minimum Gasteiger partial charge on any atom is -0.375 e. The molecule has 2 aromatic rings. The zero-order chi connectivity index (χ0) is 21.4. The summed E-state index contributed by atoms with van der Waals surface area (Å²) in [6, 6.07) is 10.3. The van der Waals surface area contributed by atoms with Crippen molar-refractivity contribution in [1.82, 2.24) is 0 Å². The van der Waals surface area contributed by atoms with E-state index in [0.717, 1.165) is 17.8 Å². The van der Waals surface area contributed by atoms with E-state index in [1.165, 1.54) is 19.2 Å². The van der Waals surface area contributed by atoms with Gasteiger partial charge in [-0.25, -0.2) is 0 Å². The lowest BCUT2D eigenvalue weighted by molar-refractivity contribution is -0.387. The molecule has 2 rings (SSSR count). The van der Waals surface area contributed by atoms with Gasteiger partial charge in [-0.1, -0.05) is 6.07 Å². The van der Waals surface area contributed by atoms with Crippen molar-refractivity contribution < 1.29 is 24.0 Å². The first-order chi connectivity index (χ1) is 13.8. The van der Waals surface area contributed by atoms with E-state index in [2.05, 4.69) is 10.6 Å². The number of nitro groups is 1. The molecule has 11 heteroatoms. The van der Waals surface area contributed by atoms with E-state index in [1.54, 1.807) is 24.3 Å². The zero-order valence-electron chi connectivity index (χ0n) is 15.3. The summed E-state index contributed by atoms with van der Waals surface area (Å²) in [5.41, 5.74) is 5.77. The number of nitro benzene ring substituents is 1. The first-order valence-electron chi connectivity index (χ1n) is 8.20. The molecule has 4 N–H and O–H groups in total. The minimum atomic E-state index is -0.778. The van der Waals surface area contributed by atoms with E-state index in [9.17, 15) is 24.5 Å². The third kappa shape index (κ3) is 6.59. The predicted octanol–water partition coefficient (Wildman–Crippen LogP) is 2.01. The van der Waals surface area contributed by atoms with Crippen LogP contribution in [0, 0.1) is 10.1 Å². The van der Waals surface area contributed by atoms with Crippen LogP contribution in [0.25, 0.3) is 0 Å². The van der Waals surface area contributed by atoms with Gasteiger partial charge in [0.2, 0.25) is 17.7 Å². The van der Waals surface area contributed by atoms with Crippen molar-refractivity contribution in [2.75, 3.05) is 30.1 Å². The van der Waals surface area contributed by atoms with Crippen molar-refractivity contribution in [3.63, 3.8) is 0 Å². The number of methoxy groups -OCH3 is 1. The molecule has 0 aliphatic carbocycles. The Labute approximate surface area is 169 Å². The number of nitrogens with two attached hydrogens (primary N) is 1. The number of ether oxygens (including phenoxy) is 1. The Bertz CT molecular complexity index is 950. The molecule has 0 bridgehead atoms. The Balaban J connectivity index is 2.01. The Kier molecular flexibility index (Phi) is 7.69. The van der Waals surface area contributed by atoms with E-state index in [4.69, 9.17) is 10.5 Å². The van der Waals surface area contributed by atoms with E-state index in [-0.39, 0.29) is 34.4 Å². The number of hydrogen-bond donors (Lipinski definition) is 3. The molecule has 10 nitrogen and oxygen atoms in total. The highest BCUT2D eigenvalue weighted by Gasteiger charge is 2.18.